The topological polar surface area (TPSA) is 37.3 Å². The Bertz CT molecular complexity index is 485. The van der Waals surface area contributed by atoms with E-state index in [0.717, 1.165) is 22.9 Å². The lowest BCUT2D eigenvalue weighted by Gasteiger charge is -1.99. The number of nitrogens with zero attached hydrogens (tertiary/aromatic N) is 2. The highest BCUT2D eigenvalue weighted by Crippen LogP contribution is 2.12. The van der Waals surface area contributed by atoms with E-state index in [0.29, 0.717) is 0 Å². The lowest BCUT2D eigenvalue weighted by atomic mass is 10.2. The summed E-state index contributed by atoms with van der Waals surface area (Å²) < 4.78 is 0. The van der Waals surface area contributed by atoms with Crippen molar-refractivity contribution in [3.63, 3.8) is 0 Å². The number of anilines is 1. The molecule has 1 aromatic heterocycles. The highest BCUT2D eigenvalue weighted by Gasteiger charge is 2.10. The average Bonchev–Trinajstić information content (AvgIpc) is 2.71. The minimum Gasteiger partial charge on any atom is -0.379 e. The van der Waals surface area contributed by atoms with Crippen LogP contribution in [0.25, 0.3) is 12.2 Å². The van der Waals surface area contributed by atoms with Crippen LogP contribution in [-0.4, -0.2) is 11.5 Å². The van der Waals surface area contributed by atoms with Crippen molar-refractivity contribution < 1.29 is 0 Å². The molecule has 0 fully saturated rings. The second kappa shape index (κ2) is 1.94. The smallest absolute Gasteiger partial charge is 0.0906 e. The van der Waals surface area contributed by atoms with E-state index < -0.39 is 0 Å². The SMILES string of the molecule is C1=Cc2c3c(ncc2=N1)=CCN3. The molecule has 2 aliphatic heterocycles. The summed E-state index contributed by atoms with van der Waals surface area (Å²) in [4.78, 5) is 8.46. The van der Waals surface area contributed by atoms with Crippen LogP contribution in [0.2, 0.25) is 0 Å². The predicted molar refractivity (Wildman–Crippen MR) is 47.0 cm³/mol. The third-order valence-corrected chi connectivity index (χ3v) is 2.16. The van der Waals surface area contributed by atoms with Crippen molar-refractivity contribution in [2.45, 2.75) is 0 Å². The van der Waals surface area contributed by atoms with Crippen LogP contribution in [0.4, 0.5) is 5.69 Å². The molecular formula is C9H7N3. The molecule has 3 rings (SSSR count). The number of rotatable bonds is 0. The van der Waals surface area contributed by atoms with Crippen molar-refractivity contribution >= 4 is 17.8 Å². The second-order valence-electron chi connectivity index (χ2n) is 2.85. The first-order valence-corrected chi connectivity index (χ1v) is 3.92. The lowest BCUT2D eigenvalue weighted by Crippen LogP contribution is -2.16. The normalized spacial score (nSPS) is 16.0. The highest BCUT2D eigenvalue weighted by atomic mass is 14.9. The first-order valence-electron chi connectivity index (χ1n) is 3.92. The minimum atomic E-state index is 0.882. The van der Waals surface area contributed by atoms with Gasteiger partial charge in [0.2, 0.25) is 0 Å². The van der Waals surface area contributed by atoms with E-state index in [-0.39, 0.29) is 0 Å². The Balaban J connectivity index is 2.50. The maximum absolute atomic E-state index is 4.28. The van der Waals surface area contributed by atoms with Crippen molar-refractivity contribution in [2.24, 2.45) is 4.99 Å². The van der Waals surface area contributed by atoms with Crippen LogP contribution < -0.4 is 16.0 Å². The van der Waals surface area contributed by atoms with Crippen LogP contribution >= 0.6 is 0 Å². The molecule has 1 aromatic rings. The molecule has 3 heteroatoms. The molecule has 0 atom stereocenters. The largest absolute Gasteiger partial charge is 0.379 e. The van der Waals surface area contributed by atoms with Gasteiger partial charge in [-0.3, -0.25) is 9.98 Å². The zero-order chi connectivity index (χ0) is 7.97. The van der Waals surface area contributed by atoms with E-state index in [1.807, 2.05) is 18.5 Å². The molecule has 58 valence electrons. The summed E-state index contributed by atoms with van der Waals surface area (Å²) in [6, 6.07) is 0. The van der Waals surface area contributed by atoms with Crippen LogP contribution in [0.5, 0.6) is 0 Å². The summed E-state index contributed by atoms with van der Waals surface area (Å²) >= 11 is 0. The van der Waals surface area contributed by atoms with E-state index in [9.17, 15) is 0 Å². The van der Waals surface area contributed by atoms with Gasteiger partial charge >= 0.3 is 0 Å². The summed E-state index contributed by atoms with van der Waals surface area (Å²) in [7, 11) is 0. The molecule has 1 N–H and O–H groups in total. The number of pyridine rings is 1. The fourth-order valence-electron chi connectivity index (χ4n) is 1.58. The van der Waals surface area contributed by atoms with E-state index in [4.69, 9.17) is 0 Å². The Kier molecular flexibility index (Phi) is 0.961. The van der Waals surface area contributed by atoms with E-state index in [1.165, 1.54) is 5.56 Å². The molecule has 0 saturated heterocycles. The number of hydrogen-bond acceptors (Lipinski definition) is 3. The molecule has 0 bridgehead atoms. The van der Waals surface area contributed by atoms with Gasteiger partial charge in [-0.25, -0.2) is 0 Å². The Hall–Kier alpha value is -1.64. The zero-order valence-corrected chi connectivity index (χ0v) is 6.41. The molecule has 0 aliphatic carbocycles. The summed E-state index contributed by atoms with van der Waals surface area (Å²) in [5.74, 6) is 0. The van der Waals surface area contributed by atoms with E-state index in [1.54, 1.807) is 0 Å². The van der Waals surface area contributed by atoms with Crippen molar-refractivity contribution in [3.8, 4) is 0 Å². The molecule has 0 unspecified atom stereocenters. The fraction of sp³-hybridized carbons (Fsp3) is 0.111. The first kappa shape index (κ1) is 5.94. The van der Waals surface area contributed by atoms with Gasteiger partial charge in [0.25, 0.3) is 0 Å². The molecule has 0 saturated carbocycles. The van der Waals surface area contributed by atoms with Gasteiger partial charge in [0.1, 0.15) is 0 Å². The standard InChI is InChI=1S/C9H7N3/c1-3-10-8-5-12-7-2-4-11-9(7)6(1)8/h1-3,5,11H,4H2. The maximum Gasteiger partial charge on any atom is 0.0906 e. The highest BCUT2D eigenvalue weighted by molar-refractivity contribution is 5.71. The molecule has 0 amide bonds. The maximum atomic E-state index is 4.28. The van der Waals surface area contributed by atoms with Gasteiger partial charge in [-0.2, -0.15) is 0 Å². The molecule has 2 aliphatic rings. The first-order chi connectivity index (χ1) is 5.95. The van der Waals surface area contributed by atoms with Gasteiger partial charge < -0.3 is 5.32 Å². The van der Waals surface area contributed by atoms with Crippen molar-refractivity contribution in [1.29, 1.82) is 0 Å². The molecule has 3 nitrogen and oxygen atoms in total. The van der Waals surface area contributed by atoms with Crippen molar-refractivity contribution in [3.05, 3.63) is 28.7 Å². The lowest BCUT2D eigenvalue weighted by molar-refractivity contribution is 1.20. The van der Waals surface area contributed by atoms with Crippen LogP contribution in [0.1, 0.15) is 5.56 Å². The Labute approximate surface area is 69.2 Å². The molecule has 0 aromatic carbocycles. The molecule has 0 spiro atoms. The number of nitrogens with one attached hydrogen (secondary N) is 1. The summed E-state index contributed by atoms with van der Waals surface area (Å²) in [5, 5.41) is 5.29. The van der Waals surface area contributed by atoms with Gasteiger partial charge in [0.05, 0.1) is 22.6 Å². The Morgan fingerprint density at radius 2 is 2.42 bits per heavy atom. The predicted octanol–water partition coefficient (Wildman–Crippen LogP) is -0.109. The van der Waals surface area contributed by atoms with Gasteiger partial charge in [0, 0.05) is 18.3 Å². The fourth-order valence-corrected chi connectivity index (χ4v) is 1.58. The molecule has 0 radical (unpaired) electrons. The van der Waals surface area contributed by atoms with Crippen LogP contribution in [0.3, 0.4) is 0 Å². The van der Waals surface area contributed by atoms with Crippen molar-refractivity contribution in [2.75, 3.05) is 11.9 Å². The summed E-state index contributed by atoms with van der Waals surface area (Å²) in [6.45, 7) is 0.882. The number of aromatic nitrogens is 1. The summed E-state index contributed by atoms with van der Waals surface area (Å²) in [5.41, 5.74) is 2.30. The Morgan fingerprint density at radius 1 is 1.42 bits per heavy atom. The van der Waals surface area contributed by atoms with Gasteiger partial charge in [-0.1, -0.05) is 0 Å². The third kappa shape index (κ3) is 0.605. The molecule has 3 heterocycles. The number of fused-ring (bicyclic) bond motifs is 3. The van der Waals surface area contributed by atoms with Crippen molar-refractivity contribution in [1.82, 2.24) is 4.98 Å². The third-order valence-electron chi connectivity index (χ3n) is 2.16. The molecule has 12 heavy (non-hydrogen) atoms. The van der Waals surface area contributed by atoms with E-state index >= 15 is 0 Å². The van der Waals surface area contributed by atoms with Crippen LogP contribution in [0.15, 0.2) is 17.4 Å². The van der Waals surface area contributed by atoms with Gasteiger partial charge in [-0.15, -0.1) is 0 Å². The van der Waals surface area contributed by atoms with Gasteiger partial charge in [-0.05, 0) is 12.2 Å². The van der Waals surface area contributed by atoms with Crippen LogP contribution in [0, 0.1) is 0 Å². The minimum absolute atomic E-state index is 0.882. The summed E-state index contributed by atoms with van der Waals surface area (Å²) in [6.07, 6.45) is 7.73. The second-order valence-corrected chi connectivity index (χ2v) is 2.85. The monoisotopic (exact) mass is 157 g/mol. The number of hydrogen-bond donors (Lipinski definition) is 1. The van der Waals surface area contributed by atoms with Gasteiger partial charge in [0.15, 0.2) is 0 Å². The molecular weight excluding hydrogens is 150 g/mol. The van der Waals surface area contributed by atoms with Crippen LogP contribution in [-0.2, 0) is 0 Å². The quantitative estimate of drug-likeness (QED) is 0.570. The average molecular weight is 157 g/mol. The van der Waals surface area contributed by atoms with E-state index in [2.05, 4.69) is 21.4 Å². The Morgan fingerprint density at radius 3 is 3.42 bits per heavy atom. The zero-order valence-electron chi connectivity index (χ0n) is 6.41.